The zero-order valence-electron chi connectivity index (χ0n) is 14.3. The second kappa shape index (κ2) is 8.84. The Labute approximate surface area is 150 Å². The summed E-state index contributed by atoms with van der Waals surface area (Å²) in [5.74, 6) is 2.12. The normalized spacial score (nSPS) is 12.5. The van der Waals surface area contributed by atoms with Gasteiger partial charge >= 0.3 is 0 Å². The van der Waals surface area contributed by atoms with Crippen LogP contribution in [0.4, 0.5) is 5.13 Å². The maximum absolute atomic E-state index is 12.2. The summed E-state index contributed by atoms with van der Waals surface area (Å²) in [5, 5.41) is 3.43. The van der Waals surface area contributed by atoms with E-state index in [1.807, 2.05) is 39.8 Å². The lowest BCUT2D eigenvalue weighted by Gasteiger charge is -2.03. The van der Waals surface area contributed by atoms with E-state index in [-0.39, 0.29) is 5.91 Å². The number of anilines is 1. The quantitative estimate of drug-likeness (QED) is 0.433. The van der Waals surface area contributed by atoms with Crippen LogP contribution >= 0.6 is 23.1 Å². The molecule has 0 aromatic carbocycles. The molecule has 7 heteroatoms. The molecule has 0 saturated heterocycles. The average Bonchev–Trinajstić information content (AvgIpc) is 3.21. The van der Waals surface area contributed by atoms with Crippen molar-refractivity contribution in [2.24, 2.45) is 0 Å². The number of nitrogens with one attached hydrogen (secondary N) is 1. The number of thioether (sulfide) groups is 1. The van der Waals surface area contributed by atoms with E-state index in [4.69, 9.17) is 4.42 Å². The van der Waals surface area contributed by atoms with E-state index in [0.29, 0.717) is 22.3 Å². The molecule has 0 aliphatic rings. The number of oxazole rings is 1. The van der Waals surface area contributed by atoms with Crippen LogP contribution in [0.1, 0.15) is 39.3 Å². The Bertz CT molecular complexity index is 759. The first kappa shape index (κ1) is 18.5. The van der Waals surface area contributed by atoms with Gasteiger partial charge in [0.1, 0.15) is 5.76 Å². The number of hydrogen-bond acceptors (Lipinski definition) is 6. The molecule has 0 atom stereocenters. The third-order valence-electron chi connectivity index (χ3n) is 3.34. The zero-order chi connectivity index (χ0) is 17.5. The second-order valence-corrected chi connectivity index (χ2v) is 7.42. The lowest BCUT2D eigenvalue weighted by atomic mass is 10.1. The maximum Gasteiger partial charge on any atom is 0.253 e. The van der Waals surface area contributed by atoms with Gasteiger partial charge in [-0.15, -0.1) is 11.8 Å². The van der Waals surface area contributed by atoms with Crippen molar-refractivity contribution in [3.63, 3.8) is 0 Å². The first-order valence-electron chi connectivity index (χ1n) is 7.67. The number of aryl methyl sites for hydroxylation is 1. The minimum absolute atomic E-state index is 0.128. The van der Waals surface area contributed by atoms with Gasteiger partial charge in [0.2, 0.25) is 5.89 Å². The van der Waals surface area contributed by atoms with Crippen LogP contribution in [0.3, 0.4) is 0 Å². The van der Waals surface area contributed by atoms with Gasteiger partial charge in [-0.1, -0.05) is 30.4 Å². The molecule has 0 spiro atoms. The molecule has 2 heterocycles. The van der Waals surface area contributed by atoms with Crippen LogP contribution in [0.5, 0.6) is 0 Å². The molecule has 0 saturated carbocycles. The number of carbonyl (C=O) groups excluding carboxylic acids is 1. The molecule has 0 radical (unpaired) electrons. The summed E-state index contributed by atoms with van der Waals surface area (Å²) in [4.78, 5) is 20.7. The summed E-state index contributed by atoms with van der Waals surface area (Å²) in [6, 6.07) is 0. The van der Waals surface area contributed by atoms with Crippen LogP contribution in [0, 0.1) is 0 Å². The van der Waals surface area contributed by atoms with Crippen molar-refractivity contribution < 1.29 is 9.21 Å². The molecule has 128 valence electrons. The Hall–Kier alpha value is -1.86. The van der Waals surface area contributed by atoms with Gasteiger partial charge in [0.15, 0.2) is 5.13 Å². The van der Waals surface area contributed by atoms with Crippen molar-refractivity contribution in [2.45, 2.75) is 44.1 Å². The Balaban J connectivity index is 1.93. The predicted molar refractivity (Wildman–Crippen MR) is 99.4 cm³/mol. The predicted octanol–water partition coefficient (Wildman–Crippen LogP) is 4.84. The van der Waals surface area contributed by atoms with Crippen LogP contribution in [0.2, 0.25) is 0 Å². The molecule has 0 fully saturated rings. The molecule has 2 aromatic rings. The summed E-state index contributed by atoms with van der Waals surface area (Å²) in [6.07, 6.45) is 8.19. The first-order valence-corrected chi connectivity index (χ1v) is 9.47. The highest BCUT2D eigenvalue weighted by atomic mass is 32.2. The molecule has 0 unspecified atom stereocenters. The maximum atomic E-state index is 12.2. The highest BCUT2D eigenvalue weighted by Gasteiger charge is 2.11. The molecule has 2 rings (SSSR count). The Morgan fingerprint density at radius 2 is 2.17 bits per heavy atom. The van der Waals surface area contributed by atoms with E-state index >= 15 is 0 Å². The van der Waals surface area contributed by atoms with E-state index in [9.17, 15) is 4.79 Å². The molecular formula is C17H21N3O2S2. The van der Waals surface area contributed by atoms with Gasteiger partial charge in [0.25, 0.3) is 5.91 Å². The molecular weight excluding hydrogens is 342 g/mol. The summed E-state index contributed by atoms with van der Waals surface area (Å²) in [6.45, 7) is 7.68. The lowest BCUT2D eigenvalue weighted by molar-refractivity contribution is -0.112. The van der Waals surface area contributed by atoms with Gasteiger partial charge < -0.3 is 4.42 Å². The molecule has 0 bridgehead atoms. The average molecular weight is 364 g/mol. The summed E-state index contributed by atoms with van der Waals surface area (Å²) < 4.78 is 6.58. The van der Waals surface area contributed by atoms with Crippen LogP contribution in [-0.2, 0) is 17.0 Å². The van der Waals surface area contributed by atoms with Crippen LogP contribution in [-0.4, -0.2) is 15.9 Å². The van der Waals surface area contributed by atoms with Crippen molar-refractivity contribution in [3.8, 4) is 0 Å². The van der Waals surface area contributed by atoms with Crippen molar-refractivity contribution in [1.29, 1.82) is 0 Å². The van der Waals surface area contributed by atoms with Gasteiger partial charge in [-0.3, -0.25) is 10.1 Å². The molecule has 0 aliphatic heterocycles. The van der Waals surface area contributed by atoms with Gasteiger partial charge in [-0.05, 0) is 26.3 Å². The Morgan fingerprint density at radius 3 is 2.83 bits per heavy atom. The number of allylic oxidation sites excluding steroid dienone is 3. The van der Waals surface area contributed by atoms with Gasteiger partial charge in [0, 0.05) is 12.0 Å². The summed E-state index contributed by atoms with van der Waals surface area (Å²) in [5.41, 5.74) is 1.63. The van der Waals surface area contributed by atoms with Crippen molar-refractivity contribution in [2.75, 3.05) is 5.32 Å². The number of nitrogens with zero attached hydrogens (tertiary/aromatic N) is 2. The highest BCUT2D eigenvalue weighted by molar-refractivity contribution is 8.00. The molecule has 24 heavy (non-hydrogen) atoms. The highest BCUT2D eigenvalue weighted by Crippen LogP contribution is 2.30. The second-order valence-electron chi connectivity index (χ2n) is 5.11. The van der Waals surface area contributed by atoms with Crippen molar-refractivity contribution in [3.05, 3.63) is 47.3 Å². The van der Waals surface area contributed by atoms with E-state index < -0.39 is 0 Å². The molecule has 5 nitrogen and oxygen atoms in total. The Morgan fingerprint density at radius 1 is 1.38 bits per heavy atom. The number of amides is 1. The molecule has 1 N–H and O–H groups in total. The third kappa shape index (κ3) is 5.07. The van der Waals surface area contributed by atoms with Crippen LogP contribution in [0.25, 0.3) is 0 Å². The van der Waals surface area contributed by atoms with Crippen molar-refractivity contribution in [1.82, 2.24) is 9.97 Å². The standard InChI is InChI=1S/C17H21N3O2S2/c1-5-7-11(3)12(4)16(21)20-17-19-9-15(24-17)23-10-14-18-8-13(6-2)22-14/h5,7-9H,6,10H2,1-4H3,(H,19,20,21)/b7-5-,12-11+. The number of carbonyl (C=O) groups is 1. The fourth-order valence-electron chi connectivity index (χ4n) is 1.84. The van der Waals surface area contributed by atoms with Crippen LogP contribution in [0.15, 0.2) is 44.3 Å². The topological polar surface area (TPSA) is 68.0 Å². The monoisotopic (exact) mass is 363 g/mol. The molecule has 2 aromatic heterocycles. The number of thiazole rings is 1. The largest absolute Gasteiger partial charge is 0.445 e. The number of hydrogen-bond donors (Lipinski definition) is 1. The van der Waals surface area contributed by atoms with Crippen LogP contribution < -0.4 is 5.32 Å². The van der Waals surface area contributed by atoms with E-state index in [0.717, 1.165) is 22.0 Å². The fraction of sp³-hybridized carbons (Fsp3) is 0.353. The van der Waals surface area contributed by atoms with E-state index in [1.165, 1.54) is 11.3 Å². The lowest BCUT2D eigenvalue weighted by Crippen LogP contribution is -2.13. The van der Waals surface area contributed by atoms with Gasteiger partial charge in [-0.2, -0.15) is 0 Å². The van der Waals surface area contributed by atoms with Gasteiger partial charge in [-0.25, -0.2) is 9.97 Å². The molecule has 1 amide bonds. The summed E-state index contributed by atoms with van der Waals surface area (Å²) >= 11 is 3.04. The SMILES string of the molecule is C/C=C\C(C)=C(/C)C(=O)Nc1ncc(SCc2ncc(CC)o2)s1. The third-order valence-corrected chi connectivity index (χ3v) is 5.43. The minimum atomic E-state index is -0.128. The van der Waals surface area contributed by atoms with Crippen molar-refractivity contribution >= 4 is 34.1 Å². The van der Waals surface area contributed by atoms with Gasteiger partial charge in [0.05, 0.1) is 22.4 Å². The minimum Gasteiger partial charge on any atom is -0.445 e. The molecule has 0 aliphatic carbocycles. The summed E-state index contributed by atoms with van der Waals surface area (Å²) in [7, 11) is 0. The Kier molecular flexibility index (Phi) is 6.81. The fourth-order valence-corrected chi connectivity index (χ4v) is 3.56. The first-order chi connectivity index (χ1) is 11.5. The number of aromatic nitrogens is 2. The number of rotatable bonds is 7. The zero-order valence-corrected chi connectivity index (χ0v) is 15.9. The van der Waals surface area contributed by atoms with E-state index in [2.05, 4.69) is 15.3 Å². The smallest absolute Gasteiger partial charge is 0.253 e. The van der Waals surface area contributed by atoms with E-state index in [1.54, 1.807) is 24.2 Å².